The molecular weight excluding hydrogens is 508 g/mol. The van der Waals surface area contributed by atoms with Crippen LogP contribution in [0.4, 0.5) is 0 Å². The number of carbonyl (C=O) groups excluding carboxylic acids is 3. The molecule has 0 saturated heterocycles. The first-order valence-corrected chi connectivity index (χ1v) is 10.0. The van der Waals surface area contributed by atoms with Gasteiger partial charge >= 0.3 is 11.9 Å². The minimum Gasteiger partial charge on any atom is -0.460 e. The van der Waals surface area contributed by atoms with Gasteiger partial charge in [-0.15, -0.1) is 0 Å². The maximum Gasteiger partial charge on any atom is 0.308 e. The summed E-state index contributed by atoms with van der Waals surface area (Å²) in [5, 5.41) is -0.00550. The summed E-state index contributed by atoms with van der Waals surface area (Å²) in [5.41, 5.74) is 0.124. The highest BCUT2D eigenvalue weighted by atomic mass is 79.9. The van der Waals surface area contributed by atoms with Crippen LogP contribution in [0.5, 0.6) is 11.5 Å². The minimum absolute atomic E-state index is 0.00550. The van der Waals surface area contributed by atoms with E-state index >= 15 is 0 Å². The number of benzene rings is 2. The predicted octanol–water partition coefficient (Wildman–Crippen LogP) is 5.60. The molecule has 0 amide bonds. The Labute approximate surface area is 187 Å². The minimum atomic E-state index is -0.744. The highest BCUT2D eigenvalue weighted by molar-refractivity contribution is 9.11. The smallest absolute Gasteiger partial charge is 0.308 e. The molecule has 0 radical (unpaired) electrons. The quantitative estimate of drug-likeness (QED) is 0.244. The molecular formula is C21H16Br2O6. The summed E-state index contributed by atoms with van der Waals surface area (Å²) in [7, 11) is 0. The van der Waals surface area contributed by atoms with Gasteiger partial charge in [-0.05, 0) is 56.1 Å². The molecule has 2 aromatic carbocycles. The van der Waals surface area contributed by atoms with Crippen LogP contribution >= 0.6 is 31.9 Å². The van der Waals surface area contributed by atoms with Crippen molar-refractivity contribution in [3.8, 4) is 11.5 Å². The van der Waals surface area contributed by atoms with Gasteiger partial charge in [0.15, 0.2) is 11.5 Å². The second-order valence-electron chi connectivity index (χ2n) is 5.95. The first kappa shape index (κ1) is 17.4. The van der Waals surface area contributed by atoms with Gasteiger partial charge in [-0.3, -0.25) is 14.4 Å². The summed E-state index contributed by atoms with van der Waals surface area (Å²) in [6.45, 7) is 4.11. The molecule has 1 aromatic heterocycles. The normalized spacial score (nSPS) is 12.2. The first-order valence-electron chi connectivity index (χ1n) is 9.93. The van der Waals surface area contributed by atoms with Crippen LogP contribution < -0.4 is 9.47 Å². The van der Waals surface area contributed by atoms with Crippen LogP contribution in [0, 0.1) is 0 Å². The van der Waals surface area contributed by atoms with E-state index in [9.17, 15) is 14.4 Å². The molecule has 0 N–H and O–H groups in total. The van der Waals surface area contributed by atoms with Crippen molar-refractivity contribution in [3.63, 3.8) is 0 Å². The van der Waals surface area contributed by atoms with Crippen molar-refractivity contribution in [2.24, 2.45) is 0 Å². The van der Waals surface area contributed by atoms with Crippen LogP contribution in [0.2, 0.25) is 0 Å². The van der Waals surface area contributed by atoms with E-state index < -0.39 is 41.6 Å². The third kappa shape index (κ3) is 4.43. The zero-order chi connectivity index (χ0) is 23.9. The highest BCUT2D eigenvalue weighted by Crippen LogP contribution is 2.37. The van der Waals surface area contributed by atoms with Gasteiger partial charge in [-0.25, -0.2) is 0 Å². The number of ketones is 1. The molecule has 0 aliphatic carbocycles. The fourth-order valence-electron chi connectivity index (χ4n) is 2.70. The van der Waals surface area contributed by atoms with Gasteiger partial charge in [0.1, 0.15) is 17.1 Å². The van der Waals surface area contributed by atoms with E-state index in [0.717, 1.165) is 6.92 Å². The van der Waals surface area contributed by atoms with Crippen molar-refractivity contribution < 1.29 is 32.4 Å². The summed E-state index contributed by atoms with van der Waals surface area (Å²) >= 11 is 6.57. The van der Waals surface area contributed by atoms with Crippen LogP contribution in [0.1, 0.15) is 46.6 Å². The van der Waals surface area contributed by atoms with E-state index in [-0.39, 0.29) is 40.0 Å². The van der Waals surface area contributed by atoms with Crippen LogP contribution in [0.3, 0.4) is 0 Å². The molecule has 6 nitrogen and oxygen atoms in total. The molecule has 0 fully saturated rings. The van der Waals surface area contributed by atoms with E-state index in [0.29, 0.717) is 8.95 Å². The lowest BCUT2D eigenvalue weighted by Gasteiger charge is -2.09. The van der Waals surface area contributed by atoms with Gasteiger partial charge in [0.2, 0.25) is 0 Å². The van der Waals surface area contributed by atoms with Gasteiger partial charge in [0.05, 0.1) is 18.6 Å². The third-order valence-electron chi connectivity index (χ3n) is 3.81. The monoisotopic (exact) mass is 525 g/mol. The molecule has 0 bridgehead atoms. The molecule has 29 heavy (non-hydrogen) atoms. The third-order valence-corrected chi connectivity index (χ3v) is 4.99. The van der Waals surface area contributed by atoms with Crippen LogP contribution in [0.15, 0.2) is 43.6 Å². The zero-order valence-corrected chi connectivity index (χ0v) is 18.7. The molecule has 1 heterocycles. The number of esters is 2. The average molecular weight is 527 g/mol. The lowest BCUT2D eigenvalue weighted by atomic mass is 9.99. The van der Waals surface area contributed by atoms with Gasteiger partial charge in [-0.1, -0.05) is 6.92 Å². The van der Waals surface area contributed by atoms with Crippen molar-refractivity contribution in [2.75, 3.05) is 0 Å². The Balaban J connectivity index is 2.26. The highest BCUT2D eigenvalue weighted by Gasteiger charge is 2.23. The second-order valence-corrected chi connectivity index (χ2v) is 7.66. The molecule has 0 atom stereocenters. The Morgan fingerprint density at radius 1 is 1.07 bits per heavy atom. The fraction of sp³-hybridized carbons (Fsp3) is 0.190. The lowest BCUT2D eigenvalue weighted by molar-refractivity contribution is -0.132. The van der Waals surface area contributed by atoms with Crippen molar-refractivity contribution in [2.45, 2.75) is 27.2 Å². The predicted molar refractivity (Wildman–Crippen MR) is 113 cm³/mol. The molecule has 0 aliphatic rings. The largest absolute Gasteiger partial charge is 0.460 e. The Kier molecular flexibility index (Phi) is 5.11. The van der Waals surface area contributed by atoms with Crippen LogP contribution in [0.25, 0.3) is 11.0 Å². The molecule has 150 valence electrons. The number of hydrogen-bond donors (Lipinski definition) is 0. The summed E-state index contributed by atoms with van der Waals surface area (Å²) in [6.07, 6.45) is 0.277. The molecule has 0 saturated carbocycles. The van der Waals surface area contributed by atoms with Crippen molar-refractivity contribution in [1.82, 2.24) is 0 Å². The molecule has 0 spiro atoms. The molecule has 3 rings (SSSR count). The number of halogens is 2. The van der Waals surface area contributed by atoms with E-state index in [4.69, 9.17) is 18.0 Å². The summed E-state index contributed by atoms with van der Waals surface area (Å²) in [5.74, 6) is -1.76. The molecule has 3 aromatic rings. The molecule has 0 unspecified atom stereocenters. The summed E-state index contributed by atoms with van der Waals surface area (Å²) in [6, 6.07) is 1.64. The van der Waals surface area contributed by atoms with Crippen molar-refractivity contribution >= 4 is 60.6 Å². The number of carbonyl (C=O) groups is 3. The van der Waals surface area contributed by atoms with E-state index in [1.807, 2.05) is 0 Å². The maximum atomic E-state index is 13.5. The van der Waals surface area contributed by atoms with Gasteiger partial charge in [0.25, 0.3) is 0 Å². The van der Waals surface area contributed by atoms with Crippen molar-refractivity contribution in [1.29, 1.82) is 0 Å². The molecule has 8 heteroatoms. The maximum absolute atomic E-state index is 13.5. The van der Waals surface area contributed by atoms with Gasteiger partial charge < -0.3 is 13.9 Å². The Hall–Kier alpha value is -2.45. The van der Waals surface area contributed by atoms with Crippen LogP contribution in [-0.4, -0.2) is 17.7 Å². The standard InChI is InChI=1S/C21H16Br2O6/c1-4-17-19(14-6-5-13(27-10(2)24)9-18(14)29-17)20(26)12-7-15(22)21(16(23)8-12)28-11(3)25/h5-9H,4H2,1-3H3/i5D,6D,9D. The van der Waals surface area contributed by atoms with Gasteiger partial charge in [0, 0.05) is 37.3 Å². The Bertz CT molecular complexity index is 1280. The van der Waals surface area contributed by atoms with Crippen LogP contribution in [-0.2, 0) is 16.0 Å². The Morgan fingerprint density at radius 3 is 2.24 bits per heavy atom. The number of hydrogen-bond acceptors (Lipinski definition) is 6. The van der Waals surface area contributed by atoms with E-state index in [2.05, 4.69) is 31.9 Å². The number of ether oxygens (including phenoxy) is 2. The summed E-state index contributed by atoms with van der Waals surface area (Å²) in [4.78, 5) is 36.2. The number of rotatable bonds is 5. The van der Waals surface area contributed by atoms with E-state index in [1.165, 1.54) is 19.1 Å². The topological polar surface area (TPSA) is 82.8 Å². The number of fused-ring (bicyclic) bond motifs is 1. The average Bonchev–Trinajstić information content (AvgIpc) is 3.11. The molecule has 0 aliphatic heterocycles. The second kappa shape index (κ2) is 8.51. The SMILES string of the molecule is [2H]c1c(OC(C)=O)c([2H])c2oc(CC)c(C(=O)c3cc(Br)c(OC(C)=O)c(Br)c3)c2c1[2H]. The number of aryl methyl sites for hydroxylation is 1. The van der Waals surface area contributed by atoms with Crippen molar-refractivity contribution in [3.05, 3.63) is 56.1 Å². The zero-order valence-electron chi connectivity index (χ0n) is 18.6. The first-order chi connectivity index (χ1) is 15.0. The van der Waals surface area contributed by atoms with E-state index in [1.54, 1.807) is 6.92 Å². The lowest BCUT2D eigenvalue weighted by Crippen LogP contribution is -2.06. The number of furan rings is 1. The fourth-order valence-corrected chi connectivity index (χ4v) is 4.05. The Morgan fingerprint density at radius 2 is 1.69 bits per heavy atom. The van der Waals surface area contributed by atoms with Gasteiger partial charge in [-0.2, -0.15) is 0 Å². The summed E-state index contributed by atoms with van der Waals surface area (Å²) < 4.78 is 41.4.